The highest BCUT2D eigenvalue weighted by atomic mass is 16.7. The van der Waals surface area contributed by atoms with Gasteiger partial charge in [-0.05, 0) is 18.4 Å². The Bertz CT molecular complexity index is 1210. The molecule has 2 aliphatic heterocycles. The number of rotatable bonds is 20. The molecule has 4 rings (SSSR count). The fourth-order valence-corrected chi connectivity index (χ4v) is 5.96. The van der Waals surface area contributed by atoms with Gasteiger partial charge in [0.2, 0.25) is 0 Å². The van der Waals surface area contributed by atoms with Gasteiger partial charge in [0.05, 0.1) is 19.8 Å². The second kappa shape index (κ2) is 20.5. The molecule has 2 aromatic rings. The summed E-state index contributed by atoms with van der Waals surface area (Å²) in [5, 5.41) is 70.7. The van der Waals surface area contributed by atoms with Crippen LogP contribution >= 0.6 is 0 Å². The normalized spacial score (nSPS) is 30.3. The van der Waals surface area contributed by atoms with Crippen molar-refractivity contribution in [3.8, 4) is 0 Å². The summed E-state index contributed by atoms with van der Waals surface area (Å²) < 4.78 is 28.0. The van der Waals surface area contributed by atoms with Gasteiger partial charge in [0.1, 0.15) is 48.8 Å². The molecule has 2 fully saturated rings. The lowest BCUT2D eigenvalue weighted by molar-refractivity contribution is -0.359. The second-order valence-corrected chi connectivity index (χ2v) is 12.6. The molecule has 13 heteroatoms. The van der Waals surface area contributed by atoms with Gasteiger partial charge >= 0.3 is 0 Å². The van der Waals surface area contributed by atoms with Crippen LogP contribution in [0.25, 0.3) is 0 Å². The Balaban J connectivity index is 1.02. The molecule has 2 aromatic carbocycles. The van der Waals surface area contributed by atoms with Gasteiger partial charge in [-0.2, -0.15) is 0 Å². The smallest absolute Gasteiger partial charge is 0.193 e. The number of carbonyl (C=O) groups is 1. The van der Waals surface area contributed by atoms with Crippen molar-refractivity contribution in [3.63, 3.8) is 0 Å². The van der Waals surface area contributed by atoms with E-state index < -0.39 is 74.6 Å². The number of carbonyl (C=O) groups excluding carboxylic acids is 1. The Morgan fingerprint density at radius 2 is 1.14 bits per heavy atom. The maximum Gasteiger partial charge on any atom is 0.193 e. The molecule has 0 aromatic heterocycles. The highest BCUT2D eigenvalue weighted by Gasteiger charge is 2.50. The van der Waals surface area contributed by atoms with Crippen molar-refractivity contribution < 1.29 is 64.2 Å². The molecule has 49 heavy (non-hydrogen) atoms. The molecule has 2 aliphatic rings. The summed E-state index contributed by atoms with van der Waals surface area (Å²) in [4.78, 5) is 12.5. The van der Waals surface area contributed by atoms with E-state index in [1.54, 1.807) is 0 Å². The number of benzene rings is 2. The van der Waals surface area contributed by atoms with Gasteiger partial charge < -0.3 is 59.4 Å². The van der Waals surface area contributed by atoms with Crippen molar-refractivity contribution in [1.29, 1.82) is 0 Å². The van der Waals surface area contributed by atoms with Crippen LogP contribution in [-0.2, 0) is 30.3 Å². The first kappa shape index (κ1) is 39.4. The van der Waals surface area contributed by atoms with Crippen molar-refractivity contribution in [3.05, 3.63) is 71.3 Å². The molecule has 2 heterocycles. The minimum atomic E-state index is -1.72. The largest absolute Gasteiger partial charge is 0.394 e. The van der Waals surface area contributed by atoms with E-state index in [0.717, 1.165) is 50.5 Å². The molecule has 0 spiro atoms. The molecule has 0 bridgehead atoms. The lowest BCUT2D eigenvalue weighted by atomic mass is 9.97. The van der Waals surface area contributed by atoms with Gasteiger partial charge in [-0.25, -0.2) is 0 Å². The average molecular weight is 693 g/mol. The first-order chi connectivity index (χ1) is 23.7. The SMILES string of the molecule is O=C(c1ccccc1)c1ccc(COCCCCCCCCCCO[C@@H]2O[C@H](CO)[C@@H](O[C@H]3O[C@H](CO)[C@@H](O)[C@H](O)[C@H]3O)[C@H](O)[C@H]2O)cc1. The van der Waals surface area contributed by atoms with Crippen LogP contribution in [-0.4, -0.2) is 129 Å². The summed E-state index contributed by atoms with van der Waals surface area (Å²) in [7, 11) is 0. The molecule has 7 N–H and O–H groups in total. The molecule has 10 atom stereocenters. The lowest BCUT2D eigenvalue weighted by Crippen LogP contribution is -2.64. The van der Waals surface area contributed by atoms with E-state index in [1.165, 1.54) is 0 Å². The van der Waals surface area contributed by atoms with E-state index in [4.69, 9.17) is 23.7 Å². The topological polar surface area (TPSA) is 205 Å². The van der Waals surface area contributed by atoms with Gasteiger partial charge in [-0.1, -0.05) is 93.1 Å². The number of hydrogen-bond acceptors (Lipinski definition) is 13. The molecule has 0 radical (unpaired) electrons. The predicted molar refractivity (Wildman–Crippen MR) is 175 cm³/mol. The zero-order valence-electron chi connectivity index (χ0n) is 27.7. The molecule has 0 unspecified atom stereocenters. The van der Waals surface area contributed by atoms with Gasteiger partial charge in [-0.15, -0.1) is 0 Å². The zero-order chi connectivity index (χ0) is 35.2. The number of ether oxygens (including phenoxy) is 5. The standard InChI is InChI=1S/C36H52O13/c37-20-26-29(40)30(41)32(43)36(47-26)49-34-27(21-38)48-35(33(44)31(34)42)46-19-11-6-4-2-1-3-5-10-18-45-22-23-14-16-25(17-15-23)28(39)24-12-8-7-9-13-24/h7-9,12-17,26-27,29-38,40-44H,1-6,10-11,18-22H2/t26-,27-,29-,30+,31-,32-,33-,34-,35-,36-/m1/s1. The number of unbranched alkanes of at least 4 members (excludes halogenated alkanes) is 7. The van der Waals surface area contributed by atoms with Gasteiger partial charge in [-0.3, -0.25) is 4.79 Å². The minimum Gasteiger partial charge on any atom is -0.394 e. The monoisotopic (exact) mass is 692 g/mol. The van der Waals surface area contributed by atoms with Gasteiger partial charge in [0.15, 0.2) is 18.4 Å². The third-order valence-electron chi connectivity index (χ3n) is 8.95. The maximum atomic E-state index is 12.5. The van der Waals surface area contributed by atoms with Crippen molar-refractivity contribution in [1.82, 2.24) is 0 Å². The van der Waals surface area contributed by atoms with Crippen LogP contribution in [0, 0.1) is 0 Å². The van der Waals surface area contributed by atoms with Crippen molar-refractivity contribution in [2.24, 2.45) is 0 Å². The molecular weight excluding hydrogens is 640 g/mol. The van der Waals surface area contributed by atoms with E-state index in [2.05, 4.69) is 0 Å². The van der Waals surface area contributed by atoms with Crippen LogP contribution in [0.1, 0.15) is 72.9 Å². The van der Waals surface area contributed by atoms with Crippen LogP contribution in [0.2, 0.25) is 0 Å². The number of aliphatic hydroxyl groups is 7. The summed E-state index contributed by atoms with van der Waals surface area (Å²) in [6, 6.07) is 16.8. The summed E-state index contributed by atoms with van der Waals surface area (Å²) in [6.45, 7) is 0.203. The van der Waals surface area contributed by atoms with Crippen LogP contribution in [0.15, 0.2) is 54.6 Å². The van der Waals surface area contributed by atoms with E-state index in [-0.39, 0.29) is 12.4 Å². The van der Waals surface area contributed by atoms with E-state index >= 15 is 0 Å². The van der Waals surface area contributed by atoms with E-state index in [9.17, 15) is 40.5 Å². The summed E-state index contributed by atoms with van der Waals surface area (Å²) in [6.07, 6.45) is -6.59. The van der Waals surface area contributed by atoms with Crippen LogP contribution in [0.3, 0.4) is 0 Å². The van der Waals surface area contributed by atoms with Crippen molar-refractivity contribution in [2.75, 3.05) is 26.4 Å². The first-order valence-electron chi connectivity index (χ1n) is 17.2. The molecule has 13 nitrogen and oxygen atoms in total. The first-order valence-corrected chi connectivity index (χ1v) is 17.2. The maximum absolute atomic E-state index is 12.5. The van der Waals surface area contributed by atoms with Crippen molar-refractivity contribution in [2.45, 2.75) is 119 Å². The lowest BCUT2D eigenvalue weighted by Gasteiger charge is -2.45. The van der Waals surface area contributed by atoms with Crippen LogP contribution in [0.5, 0.6) is 0 Å². The Kier molecular flexibility index (Phi) is 16.5. The number of aliphatic hydroxyl groups excluding tert-OH is 7. The average Bonchev–Trinajstić information content (AvgIpc) is 3.13. The Hall–Kier alpha value is -2.37. The molecule has 0 saturated carbocycles. The molecule has 0 amide bonds. The predicted octanol–water partition coefficient (Wildman–Crippen LogP) is 1.20. The minimum absolute atomic E-state index is 0.00847. The van der Waals surface area contributed by atoms with E-state index in [1.807, 2.05) is 54.6 Å². The van der Waals surface area contributed by atoms with E-state index in [0.29, 0.717) is 30.8 Å². The third kappa shape index (κ3) is 11.3. The fraction of sp³-hybridized carbons (Fsp3) is 0.639. The Morgan fingerprint density at radius 3 is 1.78 bits per heavy atom. The summed E-state index contributed by atoms with van der Waals surface area (Å²) in [5.41, 5.74) is 2.37. The molecule has 0 aliphatic carbocycles. The highest BCUT2D eigenvalue weighted by Crippen LogP contribution is 2.29. The van der Waals surface area contributed by atoms with Crippen LogP contribution in [0.4, 0.5) is 0 Å². The second-order valence-electron chi connectivity index (χ2n) is 12.6. The third-order valence-corrected chi connectivity index (χ3v) is 8.95. The Morgan fingerprint density at radius 1 is 0.592 bits per heavy atom. The highest BCUT2D eigenvalue weighted by molar-refractivity contribution is 6.08. The summed E-state index contributed by atoms with van der Waals surface area (Å²) in [5.74, 6) is 0.00847. The molecule has 2 saturated heterocycles. The number of ketones is 1. The van der Waals surface area contributed by atoms with Gasteiger partial charge in [0, 0.05) is 24.3 Å². The zero-order valence-corrected chi connectivity index (χ0v) is 27.7. The quantitative estimate of drug-likeness (QED) is 0.0771. The fourth-order valence-electron chi connectivity index (χ4n) is 5.96. The van der Waals surface area contributed by atoms with Crippen LogP contribution < -0.4 is 0 Å². The van der Waals surface area contributed by atoms with Gasteiger partial charge in [0.25, 0.3) is 0 Å². The Labute approximate surface area is 287 Å². The molecular formula is C36H52O13. The number of hydrogen-bond donors (Lipinski definition) is 7. The molecule has 274 valence electrons. The summed E-state index contributed by atoms with van der Waals surface area (Å²) >= 11 is 0. The van der Waals surface area contributed by atoms with Crippen molar-refractivity contribution >= 4 is 5.78 Å².